The summed E-state index contributed by atoms with van der Waals surface area (Å²) in [6.07, 6.45) is 3.87. The molecule has 3 N–H and O–H groups in total. The second-order valence-electron chi connectivity index (χ2n) is 9.26. The standard InChI is InChI=1S/C28H27FN4O3/c1-35-24-15-18(29)5-6-19(24)20-4-2-3-17-16-31-27(33-25(17)20)32-23-8-7-22(21-9-14-36-26(21)23)28(34)10-12-30-13-11-28/h2-8,15-16,30,34H,9-14H2,1H3,(H,31,32,33). The zero-order valence-corrected chi connectivity index (χ0v) is 20.0. The molecule has 36 heavy (non-hydrogen) atoms. The highest BCUT2D eigenvalue weighted by Gasteiger charge is 2.36. The molecular formula is C28H27FN4O3. The number of ether oxygens (including phenoxy) is 2. The Morgan fingerprint density at radius 3 is 2.81 bits per heavy atom. The van der Waals surface area contributed by atoms with E-state index in [1.54, 1.807) is 12.3 Å². The van der Waals surface area contributed by atoms with E-state index < -0.39 is 5.60 Å². The zero-order chi connectivity index (χ0) is 24.7. The number of anilines is 2. The monoisotopic (exact) mass is 486 g/mol. The molecule has 0 bridgehead atoms. The Kier molecular flexibility index (Phi) is 5.70. The van der Waals surface area contributed by atoms with Crippen molar-refractivity contribution in [2.24, 2.45) is 0 Å². The van der Waals surface area contributed by atoms with Gasteiger partial charge in [0, 0.05) is 40.8 Å². The highest BCUT2D eigenvalue weighted by Crippen LogP contribution is 2.43. The average molecular weight is 487 g/mol. The summed E-state index contributed by atoms with van der Waals surface area (Å²) in [5, 5.41) is 18.8. The summed E-state index contributed by atoms with van der Waals surface area (Å²) in [6, 6.07) is 14.2. The summed E-state index contributed by atoms with van der Waals surface area (Å²) in [5.41, 5.74) is 4.20. The fourth-order valence-electron chi connectivity index (χ4n) is 5.28. The van der Waals surface area contributed by atoms with Crippen LogP contribution in [0.15, 0.2) is 54.7 Å². The first-order valence-corrected chi connectivity index (χ1v) is 12.1. The molecule has 184 valence electrons. The lowest BCUT2D eigenvalue weighted by atomic mass is 9.81. The van der Waals surface area contributed by atoms with E-state index in [0.717, 1.165) is 64.1 Å². The maximum absolute atomic E-state index is 13.8. The van der Waals surface area contributed by atoms with Gasteiger partial charge in [-0.05, 0) is 49.7 Å². The number of para-hydroxylation sites is 1. The van der Waals surface area contributed by atoms with E-state index in [0.29, 0.717) is 31.1 Å². The van der Waals surface area contributed by atoms with Gasteiger partial charge in [0.2, 0.25) is 5.95 Å². The number of hydrogen-bond acceptors (Lipinski definition) is 7. The van der Waals surface area contributed by atoms with Gasteiger partial charge in [-0.1, -0.05) is 24.3 Å². The predicted molar refractivity (Wildman–Crippen MR) is 136 cm³/mol. The largest absolute Gasteiger partial charge is 0.496 e. The van der Waals surface area contributed by atoms with E-state index >= 15 is 0 Å². The van der Waals surface area contributed by atoms with Gasteiger partial charge in [-0.2, -0.15) is 0 Å². The van der Waals surface area contributed by atoms with Crippen LogP contribution in [-0.2, 0) is 12.0 Å². The van der Waals surface area contributed by atoms with Crippen molar-refractivity contribution < 1.29 is 19.0 Å². The van der Waals surface area contributed by atoms with Crippen molar-refractivity contribution in [3.63, 3.8) is 0 Å². The average Bonchev–Trinajstić information content (AvgIpc) is 3.39. The van der Waals surface area contributed by atoms with Crippen LogP contribution in [0.4, 0.5) is 16.0 Å². The quantitative estimate of drug-likeness (QED) is 0.377. The molecule has 0 radical (unpaired) electrons. The van der Waals surface area contributed by atoms with E-state index in [1.165, 1.54) is 19.2 Å². The molecular weight excluding hydrogens is 459 g/mol. The molecule has 7 nitrogen and oxygen atoms in total. The van der Waals surface area contributed by atoms with Crippen molar-refractivity contribution in [1.29, 1.82) is 0 Å². The predicted octanol–water partition coefficient (Wildman–Crippen LogP) is 4.69. The number of piperidine rings is 1. The van der Waals surface area contributed by atoms with Crippen LogP contribution >= 0.6 is 0 Å². The SMILES string of the molecule is COc1cc(F)ccc1-c1cccc2cnc(Nc3ccc(C4(O)CCNCC4)c4c3OCC4)nc12. The van der Waals surface area contributed by atoms with Gasteiger partial charge < -0.3 is 25.2 Å². The van der Waals surface area contributed by atoms with Crippen LogP contribution in [0.1, 0.15) is 24.0 Å². The third-order valence-electron chi connectivity index (χ3n) is 7.10. The van der Waals surface area contributed by atoms with Crippen LogP contribution in [0.5, 0.6) is 11.5 Å². The first-order chi connectivity index (χ1) is 17.6. The molecule has 8 heteroatoms. The van der Waals surface area contributed by atoms with Crippen LogP contribution in [0.25, 0.3) is 22.0 Å². The molecule has 2 aliphatic heterocycles. The van der Waals surface area contributed by atoms with Gasteiger partial charge in [-0.3, -0.25) is 0 Å². The van der Waals surface area contributed by atoms with E-state index in [9.17, 15) is 9.50 Å². The van der Waals surface area contributed by atoms with E-state index in [4.69, 9.17) is 14.5 Å². The molecule has 3 heterocycles. The topological polar surface area (TPSA) is 88.5 Å². The third-order valence-corrected chi connectivity index (χ3v) is 7.10. The Morgan fingerprint density at radius 1 is 1.11 bits per heavy atom. The molecule has 0 amide bonds. The lowest BCUT2D eigenvalue weighted by Gasteiger charge is -2.34. The summed E-state index contributed by atoms with van der Waals surface area (Å²) in [7, 11) is 1.52. The molecule has 0 unspecified atom stereocenters. The third kappa shape index (κ3) is 3.92. The summed E-state index contributed by atoms with van der Waals surface area (Å²) in [6.45, 7) is 2.15. The van der Waals surface area contributed by atoms with Gasteiger partial charge in [0.25, 0.3) is 0 Å². The molecule has 0 aliphatic carbocycles. The van der Waals surface area contributed by atoms with Crippen molar-refractivity contribution in [3.05, 3.63) is 71.7 Å². The lowest BCUT2D eigenvalue weighted by molar-refractivity contribution is 0.00528. The number of nitrogens with one attached hydrogen (secondary N) is 2. The number of fused-ring (bicyclic) bond motifs is 2. The van der Waals surface area contributed by atoms with E-state index in [-0.39, 0.29) is 5.82 Å². The van der Waals surface area contributed by atoms with Gasteiger partial charge in [-0.25, -0.2) is 14.4 Å². The number of aromatic nitrogens is 2. The maximum Gasteiger partial charge on any atom is 0.227 e. The van der Waals surface area contributed by atoms with Gasteiger partial charge in [0.1, 0.15) is 17.3 Å². The Hall–Kier alpha value is -3.75. The summed E-state index contributed by atoms with van der Waals surface area (Å²) in [5.74, 6) is 1.24. The van der Waals surface area contributed by atoms with Crippen LogP contribution in [0, 0.1) is 5.82 Å². The number of halogens is 1. The Bertz CT molecular complexity index is 1450. The van der Waals surface area contributed by atoms with E-state index in [2.05, 4.69) is 15.6 Å². The zero-order valence-electron chi connectivity index (χ0n) is 20.0. The number of nitrogens with zero attached hydrogens (tertiary/aromatic N) is 2. The molecule has 0 atom stereocenters. The summed E-state index contributed by atoms with van der Waals surface area (Å²) < 4.78 is 25.2. The van der Waals surface area contributed by atoms with Crippen LogP contribution < -0.4 is 20.1 Å². The number of benzene rings is 3. The Morgan fingerprint density at radius 2 is 1.97 bits per heavy atom. The summed E-state index contributed by atoms with van der Waals surface area (Å²) in [4.78, 5) is 9.33. The molecule has 1 aromatic heterocycles. The van der Waals surface area contributed by atoms with Gasteiger partial charge in [-0.15, -0.1) is 0 Å². The first kappa shape index (κ1) is 22.7. The van der Waals surface area contributed by atoms with Gasteiger partial charge in [0.05, 0.1) is 30.5 Å². The minimum absolute atomic E-state index is 0.362. The molecule has 6 rings (SSSR count). The highest BCUT2D eigenvalue weighted by atomic mass is 19.1. The normalized spacial score (nSPS) is 16.4. The van der Waals surface area contributed by atoms with E-state index in [1.807, 2.05) is 30.3 Å². The lowest BCUT2D eigenvalue weighted by Crippen LogP contribution is -2.40. The molecule has 1 fully saturated rings. The Labute approximate surface area is 208 Å². The second-order valence-corrected chi connectivity index (χ2v) is 9.26. The van der Waals surface area contributed by atoms with Gasteiger partial charge in [0.15, 0.2) is 0 Å². The smallest absolute Gasteiger partial charge is 0.227 e. The first-order valence-electron chi connectivity index (χ1n) is 12.1. The van der Waals surface area contributed by atoms with Crippen LogP contribution in [0.3, 0.4) is 0 Å². The minimum atomic E-state index is -0.843. The second kappa shape index (κ2) is 9.04. The van der Waals surface area contributed by atoms with Crippen LogP contribution in [-0.4, -0.2) is 41.9 Å². The Balaban J connectivity index is 1.39. The van der Waals surface area contributed by atoms with Crippen molar-refractivity contribution >= 4 is 22.5 Å². The number of aliphatic hydroxyl groups is 1. The molecule has 4 aromatic rings. The van der Waals surface area contributed by atoms with Crippen molar-refractivity contribution in [3.8, 4) is 22.6 Å². The maximum atomic E-state index is 13.8. The molecule has 0 saturated carbocycles. The number of hydrogen-bond donors (Lipinski definition) is 3. The summed E-state index contributed by atoms with van der Waals surface area (Å²) >= 11 is 0. The van der Waals surface area contributed by atoms with Gasteiger partial charge >= 0.3 is 0 Å². The fourth-order valence-corrected chi connectivity index (χ4v) is 5.28. The molecule has 2 aliphatic rings. The van der Waals surface area contributed by atoms with Crippen molar-refractivity contribution in [2.45, 2.75) is 24.9 Å². The van der Waals surface area contributed by atoms with Crippen molar-refractivity contribution in [1.82, 2.24) is 15.3 Å². The number of rotatable bonds is 5. The fraction of sp³-hybridized carbons (Fsp3) is 0.286. The minimum Gasteiger partial charge on any atom is -0.496 e. The highest BCUT2D eigenvalue weighted by molar-refractivity contribution is 5.95. The molecule has 1 saturated heterocycles. The number of methoxy groups -OCH3 is 1. The molecule has 3 aromatic carbocycles. The molecule has 0 spiro atoms. The van der Waals surface area contributed by atoms with Crippen LogP contribution in [0.2, 0.25) is 0 Å². The van der Waals surface area contributed by atoms with Crippen molar-refractivity contribution in [2.75, 3.05) is 32.1 Å².